The molecular weight excluding hydrogens is 460 g/mol. The summed E-state index contributed by atoms with van der Waals surface area (Å²) in [6.07, 6.45) is 8.05. The highest BCUT2D eigenvalue weighted by Gasteiger charge is 2.27. The van der Waals surface area contributed by atoms with Crippen LogP contribution in [0, 0.1) is 5.92 Å². The van der Waals surface area contributed by atoms with Crippen molar-refractivity contribution in [2.45, 2.75) is 63.9 Å². The lowest BCUT2D eigenvalue weighted by atomic mass is 9.89. The van der Waals surface area contributed by atoms with Gasteiger partial charge in [-0.1, -0.05) is 56.5 Å². The molecule has 3 heterocycles. The number of fused-ring (bicyclic) bond motifs is 5. The Morgan fingerprint density at radius 3 is 2.78 bits per heavy atom. The number of rotatable bonds is 7. The van der Waals surface area contributed by atoms with Crippen LogP contribution in [0.25, 0.3) is 21.7 Å². The number of hydrogen-bond donors (Lipinski definition) is 0. The molecule has 0 unspecified atom stereocenters. The number of thioether (sulfide) groups is 1. The van der Waals surface area contributed by atoms with E-state index >= 15 is 0 Å². The number of thiophene rings is 1. The maximum Gasteiger partial charge on any atom is 0.268 e. The molecule has 0 N–H and O–H groups in total. The number of nitrogens with zero attached hydrogens (tertiary/aromatic N) is 4. The van der Waals surface area contributed by atoms with Gasteiger partial charge in [0.25, 0.3) is 5.56 Å². The normalized spacial score (nSPS) is 16.2. The molecule has 0 aliphatic heterocycles. The van der Waals surface area contributed by atoms with Crippen LogP contribution in [0.3, 0.4) is 0 Å². The van der Waals surface area contributed by atoms with E-state index in [1.54, 1.807) is 27.7 Å². The van der Waals surface area contributed by atoms with Crippen molar-refractivity contribution in [3.8, 4) is 5.69 Å². The van der Waals surface area contributed by atoms with Gasteiger partial charge in [0.05, 0.1) is 11.1 Å². The molecule has 0 saturated heterocycles. The van der Waals surface area contributed by atoms with Crippen LogP contribution in [-0.2, 0) is 12.8 Å². The Morgan fingerprint density at radius 2 is 2.00 bits per heavy atom. The van der Waals surface area contributed by atoms with Crippen molar-refractivity contribution in [3.05, 3.63) is 50.1 Å². The van der Waals surface area contributed by atoms with Crippen molar-refractivity contribution in [2.24, 2.45) is 5.92 Å². The Morgan fingerprint density at radius 1 is 1.19 bits per heavy atom. The second-order valence-electron chi connectivity index (χ2n) is 8.68. The van der Waals surface area contributed by atoms with Crippen molar-refractivity contribution < 1.29 is 0 Å². The summed E-state index contributed by atoms with van der Waals surface area (Å²) in [5.41, 5.74) is 1.99. The fraction of sp³-hybridized carbons (Fsp3) is 0.458. The Hall–Kier alpha value is -1.83. The molecule has 0 spiro atoms. The third-order valence-electron chi connectivity index (χ3n) is 6.24. The largest absolute Gasteiger partial charge is 0.268 e. The van der Waals surface area contributed by atoms with Crippen LogP contribution in [0.1, 0.15) is 56.4 Å². The SMILES string of the molecule is CCCCCCSc1nnc2n(-c3ccc(Cl)cc3)c(=O)c3c4c(sc3n12)CC[C@@H](C)C4. The van der Waals surface area contributed by atoms with Gasteiger partial charge in [0.1, 0.15) is 4.83 Å². The molecule has 0 bridgehead atoms. The van der Waals surface area contributed by atoms with Crippen molar-refractivity contribution in [2.75, 3.05) is 5.75 Å². The first-order valence-corrected chi connectivity index (χ1v) is 13.6. The van der Waals surface area contributed by atoms with E-state index in [1.807, 2.05) is 24.3 Å². The molecule has 0 saturated carbocycles. The van der Waals surface area contributed by atoms with E-state index in [2.05, 4.69) is 28.4 Å². The molecule has 1 aliphatic carbocycles. The molecule has 1 aliphatic rings. The summed E-state index contributed by atoms with van der Waals surface area (Å²) < 4.78 is 3.82. The number of unbranched alkanes of at least 4 members (excludes halogenated alkanes) is 3. The second kappa shape index (κ2) is 9.20. The van der Waals surface area contributed by atoms with E-state index in [9.17, 15) is 4.79 Å². The highest BCUT2D eigenvalue weighted by Crippen LogP contribution is 2.38. The second-order valence-corrected chi connectivity index (χ2v) is 11.3. The summed E-state index contributed by atoms with van der Waals surface area (Å²) in [4.78, 5) is 16.2. The number of aromatic nitrogens is 4. The first kappa shape index (κ1) is 22.0. The third-order valence-corrected chi connectivity index (χ3v) is 8.78. The number of hydrogen-bond acceptors (Lipinski definition) is 5. The molecule has 0 fully saturated rings. The predicted molar refractivity (Wildman–Crippen MR) is 135 cm³/mol. The van der Waals surface area contributed by atoms with Gasteiger partial charge in [0.15, 0.2) is 5.16 Å². The van der Waals surface area contributed by atoms with Crippen molar-refractivity contribution in [3.63, 3.8) is 0 Å². The Bertz CT molecular complexity index is 1320. The molecule has 0 amide bonds. The number of benzene rings is 1. The zero-order valence-electron chi connectivity index (χ0n) is 18.4. The molecule has 1 aromatic carbocycles. The third kappa shape index (κ3) is 3.88. The zero-order chi connectivity index (χ0) is 22.2. The van der Waals surface area contributed by atoms with E-state index in [4.69, 9.17) is 11.6 Å². The number of aryl methyl sites for hydroxylation is 1. The average Bonchev–Trinajstić information content (AvgIpc) is 3.36. The summed E-state index contributed by atoms with van der Waals surface area (Å²) >= 11 is 9.61. The highest BCUT2D eigenvalue weighted by atomic mass is 35.5. The minimum atomic E-state index is -0.00619. The van der Waals surface area contributed by atoms with Crippen molar-refractivity contribution >= 4 is 50.7 Å². The maximum absolute atomic E-state index is 13.9. The van der Waals surface area contributed by atoms with Crippen LogP contribution in [0.2, 0.25) is 5.02 Å². The van der Waals surface area contributed by atoms with E-state index in [0.717, 1.165) is 46.1 Å². The van der Waals surface area contributed by atoms with Crippen LogP contribution in [0.5, 0.6) is 0 Å². The van der Waals surface area contributed by atoms with Gasteiger partial charge in [-0.25, -0.2) is 8.97 Å². The molecule has 3 aromatic heterocycles. The lowest BCUT2D eigenvalue weighted by molar-refractivity contribution is 0.508. The fourth-order valence-corrected chi connectivity index (χ4v) is 6.97. The zero-order valence-corrected chi connectivity index (χ0v) is 20.8. The Labute approximate surface area is 200 Å². The van der Waals surface area contributed by atoms with E-state index in [1.165, 1.54) is 36.1 Å². The van der Waals surface area contributed by atoms with Crippen LogP contribution in [-0.4, -0.2) is 24.9 Å². The monoisotopic (exact) mass is 486 g/mol. The van der Waals surface area contributed by atoms with Gasteiger partial charge in [-0.05, 0) is 61.4 Å². The lowest BCUT2D eigenvalue weighted by Gasteiger charge is -2.18. The Kier molecular flexibility index (Phi) is 6.32. The van der Waals surface area contributed by atoms with E-state index in [-0.39, 0.29) is 5.56 Å². The lowest BCUT2D eigenvalue weighted by Crippen LogP contribution is -2.22. The first-order valence-electron chi connectivity index (χ1n) is 11.4. The summed E-state index contributed by atoms with van der Waals surface area (Å²) in [6, 6.07) is 7.39. The quantitative estimate of drug-likeness (QED) is 0.219. The van der Waals surface area contributed by atoms with Gasteiger partial charge in [-0.3, -0.25) is 4.79 Å². The maximum atomic E-state index is 13.9. The van der Waals surface area contributed by atoms with Crippen LogP contribution in [0.15, 0.2) is 34.2 Å². The minimum absolute atomic E-state index is 0.00619. The van der Waals surface area contributed by atoms with Gasteiger partial charge in [-0.15, -0.1) is 21.5 Å². The van der Waals surface area contributed by atoms with Crippen molar-refractivity contribution in [1.29, 1.82) is 0 Å². The molecule has 32 heavy (non-hydrogen) atoms. The van der Waals surface area contributed by atoms with Crippen LogP contribution >= 0.6 is 34.7 Å². The summed E-state index contributed by atoms with van der Waals surface area (Å²) in [5.74, 6) is 2.17. The first-order chi connectivity index (χ1) is 15.6. The van der Waals surface area contributed by atoms with E-state index in [0.29, 0.717) is 16.7 Å². The molecule has 5 rings (SSSR count). The molecule has 168 valence electrons. The highest BCUT2D eigenvalue weighted by molar-refractivity contribution is 7.99. The molecular formula is C24H27ClN4OS2. The predicted octanol–water partition coefficient (Wildman–Crippen LogP) is 6.55. The van der Waals surface area contributed by atoms with Gasteiger partial charge < -0.3 is 0 Å². The summed E-state index contributed by atoms with van der Waals surface area (Å²) in [7, 11) is 0. The minimum Gasteiger partial charge on any atom is -0.268 e. The number of halogens is 1. The molecule has 8 heteroatoms. The van der Waals surface area contributed by atoms with Crippen LogP contribution in [0.4, 0.5) is 0 Å². The topological polar surface area (TPSA) is 52.2 Å². The van der Waals surface area contributed by atoms with Gasteiger partial charge in [0.2, 0.25) is 5.78 Å². The van der Waals surface area contributed by atoms with Crippen LogP contribution < -0.4 is 5.56 Å². The van der Waals surface area contributed by atoms with E-state index < -0.39 is 0 Å². The van der Waals surface area contributed by atoms with Gasteiger partial charge in [0, 0.05) is 15.7 Å². The molecule has 4 aromatic rings. The standard InChI is InChI=1S/C24H27ClN4OS2/c1-3-4-5-6-13-31-24-27-26-23-28(17-10-8-16(25)9-11-17)21(30)20-18-14-15(2)7-12-19(18)32-22(20)29(23)24/h8-11,15H,3-7,12-14H2,1-2H3/t15-/m1/s1. The van der Waals surface area contributed by atoms with Crippen molar-refractivity contribution in [1.82, 2.24) is 19.2 Å². The smallest absolute Gasteiger partial charge is 0.268 e. The molecule has 5 nitrogen and oxygen atoms in total. The summed E-state index contributed by atoms with van der Waals surface area (Å²) in [5, 5.41) is 11.4. The molecule has 0 radical (unpaired) electrons. The Balaban J connectivity index is 1.71. The molecule has 1 atom stereocenters. The average molecular weight is 487 g/mol. The van der Waals surface area contributed by atoms with Gasteiger partial charge in [-0.2, -0.15) is 0 Å². The summed E-state index contributed by atoms with van der Waals surface area (Å²) in [6.45, 7) is 4.50. The fourth-order valence-electron chi connectivity index (χ4n) is 4.52. The van der Waals surface area contributed by atoms with Gasteiger partial charge >= 0.3 is 0 Å².